The first kappa shape index (κ1) is 19.8. The number of fused-ring (bicyclic) bond motifs is 1. The topological polar surface area (TPSA) is 72.7 Å². The summed E-state index contributed by atoms with van der Waals surface area (Å²) in [5, 5.41) is 14.1. The van der Waals surface area contributed by atoms with E-state index in [1.807, 2.05) is 60.9 Å². The van der Waals surface area contributed by atoms with Crippen molar-refractivity contribution < 1.29 is 19.4 Å². The summed E-state index contributed by atoms with van der Waals surface area (Å²) in [7, 11) is 1.61. The molecule has 0 bridgehead atoms. The van der Waals surface area contributed by atoms with Crippen LogP contribution in [0.3, 0.4) is 0 Å². The first-order chi connectivity index (χ1) is 13.6. The molecule has 1 heterocycles. The molecule has 0 atom stereocenters. The monoisotopic (exact) mass is 382 g/mol. The SMILES string of the molecule is CCOc1ccccc1CNCc1c(C(=O)O)n(CC)c2cc(OC)ccc12. The van der Waals surface area contributed by atoms with Crippen LogP contribution in [-0.4, -0.2) is 29.4 Å². The van der Waals surface area contributed by atoms with E-state index in [0.717, 1.165) is 27.8 Å². The highest BCUT2D eigenvalue weighted by Crippen LogP contribution is 2.30. The van der Waals surface area contributed by atoms with E-state index in [0.29, 0.717) is 37.7 Å². The summed E-state index contributed by atoms with van der Waals surface area (Å²) in [5.41, 5.74) is 3.00. The molecule has 148 valence electrons. The molecule has 0 aliphatic carbocycles. The zero-order valence-electron chi connectivity index (χ0n) is 16.5. The summed E-state index contributed by atoms with van der Waals surface area (Å²) in [5.74, 6) is 0.627. The zero-order chi connectivity index (χ0) is 20.1. The van der Waals surface area contributed by atoms with Crippen molar-refractivity contribution in [2.45, 2.75) is 33.5 Å². The number of aromatic nitrogens is 1. The largest absolute Gasteiger partial charge is 0.497 e. The maximum atomic E-state index is 12.0. The van der Waals surface area contributed by atoms with E-state index >= 15 is 0 Å². The molecule has 6 heteroatoms. The lowest BCUT2D eigenvalue weighted by molar-refractivity contribution is 0.0684. The van der Waals surface area contributed by atoms with Crippen LogP contribution in [0.15, 0.2) is 42.5 Å². The second kappa shape index (κ2) is 8.80. The molecule has 1 aromatic heterocycles. The lowest BCUT2D eigenvalue weighted by Crippen LogP contribution is -2.17. The second-order valence-electron chi connectivity index (χ2n) is 6.40. The number of carbonyl (C=O) groups is 1. The number of carboxylic acid groups (broad SMARTS) is 1. The van der Waals surface area contributed by atoms with E-state index in [9.17, 15) is 9.90 Å². The van der Waals surface area contributed by atoms with Crippen LogP contribution in [0.4, 0.5) is 0 Å². The summed E-state index contributed by atoms with van der Waals surface area (Å²) in [6.07, 6.45) is 0. The third-order valence-electron chi connectivity index (χ3n) is 4.79. The van der Waals surface area contributed by atoms with E-state index in [-0.39, 0.29) is 0 Å². The maximum Gasteiger partial charge on any atom is 0.352 e. The average Bonchev–Trinajstić information content (AvgIpc) is 3.02. The van der Waals surface area contributed by atoms with Crippen LogP contribution in [0.25, 0.3) is 10.9 Å². The number of hydrogen-bond acceptors (Lipinski definition) is 4. The van der Waals surface area contributed by atoms with Gasteiger partial charge in [0.15, 0.2) is 0 Å². The molecule has 0 spiro atoms. The van der Waals surface area contributed by atoms with Gasteiger partial charge in [0, 0.05) is 42.2 Å². The normalized spacial score (nSPS) is 11.0. The molecule has 0 unspecified atom stereocenters. The van der Waals surface area contributed by atoms with Gasteiger partial charge in [0.1, 0.15) is 17.2 Å². The molecule has 0 radical (unpaired) electrons. The number of nitrogens with zero attached hydrogens (tertiary/aromatic N) is 1. The number of para-hydroxylation sites is 1. The average molecular weight is 382 g/mol. The Morgan fingerprint density at radius 1 is 1.14 bits per heavy atom. The molecule has 0 amide bonds. The number of aromatic carboxylic acids is 1. The Morgan fingerprint density at radius 2 is 1.93 bits per heavy atom. The zero-order valence-corrected chi connectivity index (χ0v) is 16.5. The number of benzene rings is 2. The Balaban J connectivity index is 1.92. The van der Waals surface area contributed by atoms with Crippen molar-refractivity contribution in [2.75, 3.05) is 13.7 Å². The second-order valence-corrected chi connectivity index (χ2v) is 6.40. The van der Waals surface area contributed by atoms with Gasteiger partial charge >= 0.3 is 5.97 Å². The van der Waals surface area contributed by atoms with Gasteiger partial charge in [-0.2, -0.15) is 0 Å². The predicted octanol–water partition coefficient (Wildman–Crippen LogP) is 4.06. The van der Waals surface area contributed by atoms with Gasteiger partial charge in [0.2, 0.25) is 0 Å². The van der Waals surface area contributed by atoms with Gasteiger partial charge in [-0.05, 0) is 32.0 Å². The Labute approximate surface area is 164 Å². The fourth-order valence-electron chi connectivity index (χ4n) is 3.55. The first-order valence-electron chi connectivity index (χ1n) is 9.44. The molecule has 0 saturated carbocycles. The van der Waals surface area contributed by atoms with Crippen LogP contribution < -0.4 is 14.8 Å². The number of ether oxygens (including phenoxy) is 2. The summed E-state index contributed by atoms with van der Waals surface area (Å²) in [4.78, 5) is 12.0. The van der Waals surface area contributed by atoms with Crippen molar-refractivity contribution >= 4 is 16.9 Å². The Bertz CT molecular complexity index is 978. The molecular weight excluding hydrogens is 356 g/mol. The summed E-state index contributed by atoms with van der Waals surface area (Å²) < 4.78 is 12.8. The molecule has 0 aliphatic heterocycles. The molecule has 6 nitrogen and oxygen atoms in total. The van der Waals surface area contributed by atoms with Crippen molar-refractivity contribution in [2.24, 2.45) is 0 Å². The Hall–Kier alpha value is -2.99. The third-order valence-corrected chi connectivity index (χ3v) is 4.79. The standard InChI is InChI=1S/C22H26N2O4/c1-4-24-19-12-16(27-3)10-11-17(19)18(21(24)22(25)26)14-23-13-15-8-6-7-9-20(15)28-5-2/h6-12,23H,4-5,13-14H2,1-3H3,(H,25,26). The van der Waals surface area contributed by atoms with Gasteiger partial charge in [-0.1, -0.05) is 18.2 Å². The number of nitrogens with one attached hydrogen (secondary N) is 1. The van der Waals surface area contributed by atoms with Crippen molar-refractivity contribution in [3.63, 3.8) is 0 Å². The lowest BCUT2D eigenvalue weighted by Gasteiger charge is -2.11. The molecule has 0 aliphatic rings. The van der Waals surface area contributed by atoms with E-state index in [1.54, 1.807) is 7.11 Å². The Morgan fingerprint density at radius 3 is 2.61 bits per heavy atom. The Kier molecular flexibility index (Phi) is 6.21. The summed E-state index contributed by atoms with van der Waals surface area (Å²) in [6, 6.07) is 13.5. The number of aryl methyl sites for hydroxylation is 1. The van der Waals surface area contributed by atoms with E-state index in [2.05, 4.69) is 5.32 Å². The third kappa shape index (κ3) is 3.82. The molecule has 2 aromatic carbocycles. The quantitative estimate of drug-likeness (QED) is 0.584. The van der Waals surface area contributed by atoms with E-state index < -0.39 is 5.97 Å². The lowest BCUT2D eigenvalue weighted by atomic mass is 10.1. The first-order valence-corrected chi connectivity index (χ1v) is 9.44. The molecule has 28 heavy (non-hydrogen) atoms. The highest BCUT2D eigenvalue weighted by Gasteiger charge is 2.21. The molecular formula is C22H26N2O4. The van der Waals surface area contributed by atoms with Crippen LogP contribution >= 0.6 is 0 Å². The van der Waals surface area contributed by atoms with Crippen LogP contribution in [0, 0.1) is 0 Å². The highest BCUT2D eigenvalue weighted by atomic mass is 16.5. The summed E-state index contributed by atoms with van der Waals surface area (Å²) in [6.45, 7) is 6.10. The molecule has 3 aromatic rings. The number of rotatable bonds is 9. The van der Waals surface area contributed by atoms with Crippen LogP contribution in [0.1, 0.15) is 35.5 Å². The van der Waals surface area contributed by atoms with Crippen LogP contribution in [-0.2, 0) is 19.6 Å². The van der Waals surface area contributed by atoms with Crippen LogP contribution in [0.2, 0.25) is 0 Å². The fraction of sp³-hybridized carbons (Fsp3) is 0.318. The van der Waals surface area contributed by atoms with Crippen molar-refractivity contribution in [1.82, 2.24) is 9.88 Å². The number of methoxy groups -OCH3 is 1. The van der Waals surface area contributed by atoms with Crippen LogP contribution in [0.5, 0.6) is 11.5 Å². The predicted molar refractivity (Wildman–Crippen MR) is 109 cm³/mol. The smallest absolute Gasteiger partial charge is 0.352 e. The molecule has 3 rings (SSSR count). The van der Waals surface area contributed by atoms with E-state index in [1.165, 1.54) is 0 Å². The minimum Gasteiger partial charge on any atom is -0.497 e. The van der Waals surface area contributed by atoms with E-state index in [4.69, 9.17) is 9.47 Å². The van der Waals surface area contributed by atoms with Crippen molar-refractivity contribution in [3.8, 4) is 11.5 Å². The molecule has 2 N–H and O–H groups in total. The van der Waals surface area contributed by atoms with Gasteiger partial charge in [-0.3, -0.25) is 0 Å². The summed E-state index contributed by atoms with van der Waals surface area (Å²) >= 11 is 0. The highest BCUT2D eigenvalue weighted by molar-refractivity contribution is 5.98. The van der Waals surface area contributed by atoms with Gasteiger partial charge in [0.25, 0.3) is 0 Å². The van der Waals surface area contributed by atoms with Crippen molar-refractivity contribution in [3.05, 3.63) is 59.3 Å². The molecule has 0 saturated heterocycles. The fourth-order valence-corrected chi connectivity index (χ4v) is 3.55. The minimum absolute atomic E-state index is 0.316. The maximum absolute atomic E-state index is 12.0. The van der Waals surface area contributed by atoms with Gasteiger partial charge in [0.05, 0.1) is 19.2 Å². The van der Waals surface area contributed by atoms with Gasteiger partial charge in [-0.15, -0.1) is 0 Å². The number of hydrogen-bond donors (Lipinski definition) is 2. The molecule has 0 fully saturated rings. The van der Waals surface area contributed by atoms with Gasteiger partial charge < -0.3 is 24.5 Å². The number of carboxylic acids is 1. The minimum atomic E-state index is -0.927. The van der Waals surface area contributed by atoms with Crippen molar-refractivity contribution in [1.29, 1.82) is 0 Å². The van der Waals surface area contributed by atoms with Gasteiger partial charge in [-0.25, -0.2) is 4.79 Å².